The molecular weight excluding hydrogens is 1650 g/mol. The van der Waals surface area contributed by atoms with Crippen molar-refractivity contribution in [2.24, 2.45) is 22.7 Å². The van der Waals surface area contributed by atoms with Gasteiger partial charge in [0.1, 0.15) is 54.8 Å². The number of rotatable bonds is 39. The number of nitrogens with one attached hydrogen (secondary N) is 3. The number of carbonyl (C=O) groups is 18. The van der Waals surface area contributed by atoms with Crippen LogP contribution in [0.3, 0.4) is 0 Å². The molecule has 15 amide bonds. The zero-order chi connectivity index (χ0) is 91.6. The van der Waals surface area contributed by atoms with E-state index in [4.69, 9.17) is 18.9 Å². The van der Waals surface area contributed by atoms with Crippen molar-refractivity contribution in [3.63, 3.8) is 0 Å². The lowest BCUT2D eigenvalue weighted by Crippen LogP contribution is -2.70. The first-order valence-electron chi connectivity index (χ1n) is 39.4. The average Bonchev–Trinajstić information content (AvgIpc) is 1.51. The lowest BCUT2D eigenvalue weighted by molar-refractivity contribution is -0.235. The third-order valence-electron chi connectivity index (χ3n) is 23.4. The van der Waals surface area contributed by atoms with Gasteiger partial charge in [-0.05, 0) is 107 Å². The second kappa shape index (κ2) is 40.4. The number of aliphatic hydroxyl groups excluding tert-OH is 1. The molecule has 42 heteroatoms. The van der Waals surface area contributed by atoms with Crippen molar-refractivity contribution in [2.75, 3.05) is 161 Å². The van der Waals surface area contributed by atoms with Gasteiger partial charge in [-0.1, -0.05) is 13.0 Å². The van der Waals surface area contributed by atoms with Gasteiger partial charge in [-0.2, -0.15) is 0 Å². The molecule has 6 aliphatic rings. The van der Waals surface area contributed by atoms with Crippen LogP contribution in [0.2, 0.25) is 0 Å². The van der Waals surface area contributed by atoms with Gasteiger partial charge in [0.15, 0.2) is 29.1 Å². The molecule has 3 saturated carbocycles. The number of nitrogens with zero attached hydrogens (tertiary/aromatic N) is 11. The van der Waals surface area contributed by atoms with Gasteiger partial charge in [0.2, 0.25) is 76.8 Å². The fourth-order valence-electron chi connectivity index (χ4n) is 16.0. The summed E-state index contributed by atoms with van der Waals surface area (Å²) >= 11 is 0.962. The summed E-state index contributed by atoms with van der Waals surface area (Å²) in [6.07, 6.45) is -2.72. The van der Waals surface area contributed by atoms with Gasteiger partial charge >= 0.3 is 0 Å². The van der Waals surface area contributed by atoms with Crippen molar-refractivity contribution < 1.29 is 128 Å². The largest absolute Gasteiger partial charge is 0.493 e. The fourth-order valence-corrected chi connectivity index (χ4v) is 16.8. The molecule has 0 unspecified atom stereocenters. The quantitative estimate of drug-likeness (QED) is 0.0275. The van der Waals surface area contributed by atoms with E-state index in [1.54, 1.807) is 6.92 Å². The number of fused-ring (bicyclic) bond motifs is 7. The van der Waals surface area contributed by atoms with E-state index in [0.717, 1.165) is 96.8 Å². The number of likely N-dealkylation sites (N-methyl/N-ethyl adjacent to an activating group) is 10. The molecular formula is C81H106F4N14O23S. The molecule has 1 saturated heterocycles. The number of imide groups is 1. The minimum atomic E-state index is -2.51. The smallest absolute Gasteiger partial charge is 0.258 e. The van der Waals surface area contributed by atoms with Crippen molar-refractivity contribution >= 4 is 123 Å². The monoisotopic (exact) mass is 1750 g/mol. The second-order valence-electron chi connectivity index (χ2n) is 32.4. The molecule has 0 radical (unpaired) electrons. The summed E-state index contributed by atoms with van der Waals surface area (Å²) in [6.45, 7) is 0.735. The van der Waals surface area contributed by atoms with Crippen molar-refractivity contribution in [2.45, 2.75) is 128 Å². The fraction of sp³-hybridized carbons (Fsp3) is 0.580. The van der Waals surface area contributed by atoms with Crippen LogP contribution in [-0.2, 0) is 107 Å². The average molecular weight is 1750 g/mol. The summed E-state index contributed by atoms with van der Waals surface area (Å²) in [5.41, 5.74) is -8.28. The highest BCUT2D eigenvalue weighted by molar-refractivity contribution is 7.10. The zero-order valence-electron chi connectivity index (χ0n) is 71.2. The van der Waals surface area contributed by atoms with Crippen molar-refractivity contribution in [1.29, 1.82) is 0 Å². The highest BCUT2D eigenvalue weighted by Crippen LogP contribution is 2.73. The number of amides is 15. The number of ketones is 3. The van der Waals surface area contributed by atoms with E-state index in [0.29, 0.717) is 4.90 Å². The number of carbonyl (C=O) groups excluding carboxylic acids is 18. The molecule has 0 bridgehead atoms. The summed E-state index contributed by atoms with van der Waals surface area (Å²) in [7, 11) is 13.1. The second-order valence-corrected chi connectivity index (χ2v) is 33.4. The SMILES string of the molecule is CC(=O)CN(C)C(=O)CN(C)C(=O)CN(C)C(=O)CN(C)C(=O)CN(C)C(=O)CN(C)C(=O)CN(C)C(=O)CN(C)C(=O)CN(C)C(=O)CN(C)C(=O)CCCOc1cc(N2C(=O)C=CC2=O)c(F)cc1CCC(=O)N[C@@H](C)C(=O)N[C@@H](C)C(=O)NCOCC(=O)[C@@]12O[C@H](c3sccc3F)O[C@@H]1C[C@H]1[C@@H]3C[C@H](F)C4=CC(=O)C=C[C@]4(C)[C@@]3(F)[C@@H](O)C[C@@]12C. The maximum atomic E-state index is 18.1. The Hall–Kier alpha value is -11.2. The number of halogens is 4. The number of aryl methyl sites for hydroxylation is 1. The van der Waals surface area contributed by atoms with Crippen LogP contribution >= 0.6 is 11.3 Å². The Morgan fingerprint density at radius 1 is 0.610 bits per heavy atom. The van der Waals surface area contributed by atoms with Crippen LogP contribution in [0.5, 0.6) is 5.75 Å². The van der Waals surface area contributed by atoms with Crippen LogP contribution in [0.25, 0.3) is 0 Å². The Bertz CT molecular complexity index is 4610. The number of hydrogen-bond donors (Lipinski definition) is 4. The Balaban J connectivity index is 0.745. The van der Waals surface area contributed by atoms with Crippen molar-refractivity contribution in [3.05, 3.63) is 81.6 Å². The molecule has 1 aromatic heterocycles. The van der Waals surface area contributed by atoms with E-state index in [9.17, 15) is 91.4 Å². The highest BCUT2D eigenvalue weighted by atomic mass is 32.1. The van der Waals surface area contributed by atoms with Gasteiger partial charge in [0.05, 0.1) is 94.8 Å². The Morgan fingerprint density at radius 2 is 1.07 bits per heavy atom. The van der Waals surface area contributed by atoms with Crippen LogP contribution < -0.4 is 25.6 Å². The number of Topliss-reactive ketones (excluding diaryl/α,β-unsaturated/α-hetero) is 2. The molecule has 0 spiro atoms. The number of anilines is 1. The predicted octanol–water partition coefficient (Wildman–Crippen LogP) is -0.829. The van der Waals surface area contributed by atoms with E-state index < -0.39 is 273 Å². The van der Waals surface area contributed by atoms with Crippen LogP contribution in [0.4, 0.5) is 23.2 Å². The molecule has 2 aromatic rings. The van der Waals surface area contributed by atoms with Crippen LogP contribution in [-0.4, -0.2) is 358 Å². The number of benzene rings is 1. The van der Waals surface area contributed by atoms with Gasteiger partial charge in [-0.3, -0.25) is 86.3 Å². The molecule has 37 nitrogen and oxygen atoms in total. The first kappa shape index (κ1) is 97.2. The molecule has 3 heterocycles. The normalized spacial score (nSPS) is 23.1. The molecule has 123 heavy (non-hydrogen) atoms. The Labute approximate surface area is 711 Å². The van der Waals surface area contributed by atoms with Gasteiger partial charge in [0, 0.05) is 118 Å². The maximum absolute atomic E-state index is 18.1. The van der Waals surface area contributed by atoms with Gasteiger partial charge in [0.25, 0.3) is 11.8 Å². The lowest BCUT2D eigenvalue weighted by Gasteiger charge is -2.63. The minimum Gasteiger partial charge on any atom is -0.493 e. The first-order valence-corrected chi connectivity index (χ1v) is 40.3. The van der Waals surface area contributed by atoms with E-state index in [1.165, 1.54) is 116 Å². The first-order chi connectivity index (χ1) is 57.5. The van der Waals surface area contributed by atoms with E-state index in [1.807, 2.05) is 0 Å². The third kappa shape index (κ3) is 21.9. The van der Waals surface area contributed by atoms with Gasteiger partial charge in [-0.25, -0.2) is 22.5 Å². The molecule has 12 atom stereocenters. The minimum absolute atomic E-state index is 0.00892. The van der Waals surface area contributed by atoms with Gasteiger partial charge in [-0.15, -0.1) is 11.3 Å². The topological polar surface area (TPSA) is 436 Å². The molecule has 672 valence electrons. The summed E-state index contributed by atoms with van der Waals surface area (Å²) in [5.74, 6) is -16.0. The van der Waals surface area contributed by atoms with E-state index >= 15 is 17.6 Å². The van der Waals surface area contributed by atoms with Gasteiger partial charge < -0.3 is 89.0 Å². The molecule has 1 aromatic carbocycles. The standard InChI is InChI=1S/C81H106F4N14O23S/c1-45(100)33-89(6)65(108)35-91(8)67(110)37-93(10)69(112)39-95(12)71(114)41-97(14)73(116)42-98(15)72(115)40-96(13)70(113)38-94(11)68(111)36-92(9)66(109)34-90(7)62(105)17-16-25-120-57-31-56(99-63(106)20-21-64(99)107)55(84)27-48(57)18-19-61(104)87-47(3)76(118)88-46(2)75(117)86-44-119-43-59(103)81-60(121-77(122-81)74-53(82)23-26-123-74)30-50-51-29-54(83)52-28-49(101)22-24-78(52,4)80(51,85)58(102)32-79(50,81)5/h20-24,26-28,31,46-47,50-51,54,58,60,77,102H,16-19,25,29-30,32-44H2,1-15H3,(H,86,117)(H,87,104)(H,88,118)/t46-,47-,50-,51-,54-,58-,60+,77+,78-,79-,80-,81+/m0/s1. The lowest BCUT2D eigenvalue weighted by atomic mass is 9.44. The molecule has 4 aliphatic carbocycles. The number of alkyl halides is 2. The van der Waals surface area contributed by atoms with Crippen LogP contribution in [0, 0.1) is 34.3 Å². The molecule has 4 N–H and O–H groups in total. The number of ether oxygens (including phenoxy) is 4. The van der Waals surface area contributed by atoms with E-state index in [-0.39, 0.29) is 72.9 Å². The van der Waals surface area contributed by atoms with Crippen LogP contribution in [0.1, 0.15) is 89.9 Å². The maximum Gasteiger partial charge on any atom is 0.258 e. The number of allylic oxidation sites excluding steroid dienone is 4. The number of thiophene rings is 1. The summed E-state index contributed by atoms with van der Waals surface area (Å²) in [4.78, 5) is 246. The third-order valence-corrected chi connectivity index (χ3v) is 24.3. The Kier molecular flexibility index (Phi) is 31.9. The summed E-state index contributed by atoms with van der Waals surface area (Å²) in [5, 5.41) is 20.8. The number of aliphatic hydroxyl groups is 1. The molecule has 2 aliphatic heterocycles. The summed E-state index contributed by atoms with van der Waals surface area (Å²) < 4.78 is 89.8. The molecule has 4 fully saturated rings. The predicted molar refractivity (Wildman–Crippen MR) is 427 cm³/mol. The highest BCUT2D eigenvalue weighted by Gasteiger charge is 2.80. The Morgan fingerprint density at radius 3 is 1.54 bits per heavy atom. The van der Waals surface area contributed by atoms with Crippen molar-refractivity contribution in [3.8, 4) is 5.75 Å². The summed E-state index contributed by atoms with van der Waals surface area (Å²) in [6, 6.07) is 0.611. The molecule has 8 rings (SSSR count). The van der Waals surface area contributed by atoms with E-state index in [2.05, 4.69) is 16.0 Å². The number of hydrogen-bond acceptors (Lipinski definition) is 24. The zero-order valence-corrected chi connectivity index (χ0v) is 72.0. The van der Waals surface area contributed by atoms with Crippen molar-refractivity contribution in [1.82, 2.24) is 64.9 Å². The van der Waals surface area contributed by atoms with Crippen LogP contribution in [0.15, 0.2) is 59.5 Å².